The van der Waals surface area contributed by atoms with E-state index in [1.54, 1.807) is 20.1 Å². The van der Waals surface area contributed by atoms with Gasteiger partial charge in [0, 0.05) is 18.3 Å². The number of carbonyl (C=O) groups is 1. The maximum atomic E-state index is 12.0. The first kappa shape index (κ1) is 24.1. The van der Waals surface area contributed by atoms with E-state index in [-0.39, 0.29) is 11.8 Å². The number of nitrogens with zero attached hydrogens (tertiary/aromatic N) is 7. The SMILES string of the molecule is Cc1noc(C)c1-c1ccc2c(c1)nc(N=CCCCNC(=O)[C@H](N=O)C(C)C)c1nnc(C)n12. The summed E-state index contributed by atoms with van der Waals surface area (Å²) in [5.41, 5.74) is 4.92. The zero-order valence-corrected chi connectivity index (χ0v) is 20.4. The Kier molecular flexibility index (Phi) is 6.94. The number of aliphatic imine (C=N–C) groups is 1. The van der Waals surface area contributed by atoms with Crippen LogP contribution in [0.5, 0.6) is 0 Å². The molecule has 11 nitrogen and oxygen atoms in total. The first-order chi connectivity index (χ1) is 16.8. The molecule has 35 heavy (non-hydrogen) atoms. The topological polar surface area (TPSA) is 140 Å². The van der Waals surface area contributed by atoms with Gasteiger partial charge in [0.25, 0.3) is 0 Å². The summed E-state index contributed by atoms with van der Waals surface area (Å²) in [6.45, 7) is 9.69. The summed E-state index contributed by atoms with van der Waals surface area (Å²) in [6.07, 6.45) is 3.02. The number of hydrogen-bond donors (Lipinski definition) is 1. The molecule has 0 saturated carbocycles. The number of rotatable bonds is 9. The summed E-state index contributed by atoms with van der Waals surface area (Å²) in [7, 11) is 0. The zero-order chi connectivity index (χ0) is 25.1. The van der Waals surface area contributed by atoms with Gasteiger partial charge in [-0.25, -0.2) is 9.98 Å². The third-order valence-electron chi connectivity index (χ3n) is 5.83. The number of amides is 1. The van der Waals surface area contributed by atoms with Gasteiger partial charge in [-0.15, -0.1) is 15.1 Å². The van der Waals surface area contributed by atoms with E-state index >= 15 is 0 Å². The fourth-order valence-electron chi connectivity index (χ4n) is 4.03. The molecule has 0 aliphatic heterocycles. The highest BCUT2D eigenvalue weighted by molar-refractivity contribution is 5.87. The molecule has 0 aliphatic rings. The van der Waals surface area contributed by atoms with Crippen LogP contribution in [0.15, 0.2) is 32.9 Å². The second-order valence-corrected chi connectivity index (χ2v) is 8.78. The lowest BCUT2D eigenvalue weighted by Gasteiger charge is -2.12. The van der Waals surface area contributed by atoms with Gasteiger partial charge in [-0.1, -0.05) is 30.2 Å². The van der Waals surface area contributed by atoms with Crippen molar-refractivity contribution in [1.82, 2.24) is 30.1 Å². The highest BCUT2D eigenvalue weighted by Gasteiger charge is 2.22. The van der Waals surface area contributed by atoms with E-state index in [9.17, 15) is 9.70 Å². The van der Waals surface area contributed by atoms with Gasteiger partial charge in [0.15, 0.2) is 11.9 Å². The molecule has 4 rings (SSSR count). The molecule has 0 spiro atoms. The van der Waals surface area contributed by atoms with Crippen molar-refractivity contribution >= 4 is 34.6 Å². The summed E-state index contributed by atoms with van der Waals surface area (Å²) >= 11 is 0. The predicted molar refractivity (Wildman–Crippen MR) is 133 cm³/mol. The van der Waals surface area contributed by atoms with Crippen molar-refractivity contribution in [2.75, 3.05) is 6.54 Å². The van der Waals surface area contributed by atoms with E-state index in [0.717, 1.165) is 39.4 Å². The summed E-state index contributed by atoms with van der Waals surface area (Å²) in [4.78, 5) is 32.2. The van der Waals surface area contributed by atoms with Crippen molar-refractivity contribution in [2.45, 2.75) is 53.5 Å². The van der Waals surface area contributed by atoms with E-state index < -0.39 is 6.04 Å². The van der Waals surface area contributed by atoms with Crippen LogP contribution in [0.2, 0.25) is 0 Å². The standard InChI is InChI=1S/C24H28N8O3/c1-13(2)21(30-34)24(33)26-11-7-6-10-25-22-23-29-28-16(5)32(23)19-9-8-17(12-18(19)27-22)20-14(3)31-35-15(20)4/h8-10,12-13,21H,6-7,11H2,1-5H3,(H,26,33)/t21-/m1/s1. The van der Waals surface area contributed by atoms with Crippen LogP contribution < -0.4 is 5.32 Å². The van der Waals surface area contributed by atoms with Gasteiger partial charge in [-0.2, -0.15) is 0 Å². The van der Waals surface area contributed by atoms with Crippen molar-refractivity contribution in [1.29, 1.82) is 0 Å². The third-order valence-corrected chi connectivity index (χ3v) is 5.83. The van der Waals surface area contributed by atoms with Crippen LogP contribution in [0, 0.1) is 31.6 Å². The lowest BCUT2D eigenvalue weighted by molar-refractivity contribution is -0.123. The molecule has 1 aromatic carbocycles. The smallest absolute Gasteiger partial charge is 0.248 e. The molecular weight excluding hydrogens is 448 g/mol. The fraction of sp³-hybridized carbons (Fsp3) is 0.417. The molecule has 0 unspecified atom stereocenters. The number of aryl methyl sites for hydroxylation is 3. The summed E-state index contributed by atoms with van der Waals surface area (Å²) in [5.74, 6) is 1.46. The predicted octanol–water partition coefficient (Wildman–Crippen LogP) is 4.25. The minimum atomic E-state index is -0.870. The largest absolute Gasteiger partial charge is 0.361 e. The Hall–Kier alpha value is -4.02. The van der Waals surface area contributed by atoms with E-state index in [2.05, 4.69) is 30.8 Å². The molecule has 11 heteroatoms. The number of aromatic nitrogens is 5. The van der Waals surface area contributed by atoms with E-state index in [4.69, 9.17) is 9.51 Å². The normalized spacial score (nSPS) is 12.7. The highest BCUT2D eigenvalue weighted by Crippen LogP contribution is 2.31. The zero-order valence-electron chi connectivity index (χ0n) is 20.4. The van der Waals surface area contributed by atoms with Crippen LogP contribution in [0.4, 0.5) is 5.82 Å². The van der Waals surface area contributed by atoms with Crippen LogP contribution in [0.3, 0.4) is 0 Å². The highest BCUT2D eigenvalue weighted by atomic mass is 16.5. The van der Waals surface area contributed by atoms with Crippen LogP contribution in [0.1, 0.15) is 44.0 Å². The van der Waals surface area contributed by atoms with E-state index in [0.29, 0.717) is 30.9 Å². The van der Waals surface area contributed by atoms with Crippen LogP contribution in [-0.4, -0.2) is 49.4 Å². The molecule has 3 aromatic heterocycles. The van der Waals surface area contributed by atoms with Gasteiger partial charge in [-0.05, 0) is 57.2 Å². The fourth-order valence-corrected chi connectivity index (χ4v) is 4.03. The van der Waals surface area contributed by atoms with Crippen LogP contribution >= 0.6 is 0 Å². The molecule has 4 aromatic rings. The van der Waals surface area contributed by atoms with Crippen molar-refractivity contribution < 1.29 is 9.32 Å². The average Bonchev–Trinajstić information content (AvgIpc) is 3.37. The Morgan fingerprint density at radius 3 is 2.71 bits per heavy atom. The van der Waals surface area contributed by atoms with E-state index in [1.165, 1.54) is 0 Å². The van der Waals surface area contributed by atoms with Gasteiger partial charge in [0.1, 0.15) is 11.6 Å². The first-order valence-corrected chi connectivity index (χ1v) is 11.5. The van der Waals surface area contributed by atoms with Crippen molar-refractivity contribution in [3.63, 3.8) is 0 Å². The minimum absolute atomic E-state index is 0.139. The lowest BCUT2D eigenvalue weighted by atomic mass is 10.0. The second-order valence-electron chi connectivity index (χ2n) is 8.78. The second kappa shape index (κ2) is 10.1. The third kappa shape index (κ3) is 4.79. The van der Waals surface area contributed by atoms with Gasteiger partial charge >= 0.3 is 0 Å². The van der Waals surface area contributed by atoms with Crippen molar-refractivity contribution in [2.24, 2.45) is 16.1 Å². The Morgan fingerprint density at radius 2 is 2.03 bits per heavy atom. The summed E-state index contributed by atoms with van der Waals surface area (Å²) in [6, 6.07) is 5.12. The summed E-state index contributed by atoms with van der Waals surface area (Å²) < 4.78 is 7.26. The van der Waals surface area contributed by atoms with Crippen molar-refractivity contribution in [3.05, 3.63) is 40.4 Å². The molecule has 0 saturated heterocycles. The number of hydrogen-bond acceptors (Lipinski definition) is 9. The number of nitrogens with one attached hydrogen (secondary N) is 1. The molecule has 182 valence electrons. The number of carbonyl (C=O) groups excluding carboxylic acids is 1. The molecule has 1 N–H and O–H groups in total. The quantitative estimate of drug-likeness (QED) is 0.216. The van der Waals surface area contributed by atoms with Crippen molar-refractivity contribution in [3.8, 4) is 11.1 Å². The summed E-state index contributed by atoms with van der Waals surface area (Å²) in [5, 5.41) is 18.2. The molecule has 3 heterocycles. The monoisotopic (exact) mass is 476 g/mol. The molecular formula is C24H28N8O3. The van der Waals surface area contributed by atoms with Gasteiger partial charge in [0.05, 0.1) is 16.7 Å². The lowest BCUT2D eigenvalue weighted by Crippen LogP contribution is -2.36. The maximum absolute atomic E-state index is 12.0. The number of unbranched alkanes of at least 4 members (excludes halogenated alkanes) is 1. The van der Waals surface area contributed by atoms with Crippen LogP contribution in [0.25, 0.3) is 27.8 Å². The Bertz CT molecular complexity index is 1400. The van der Waals surface area contributed by atoms with Gasteiger partial charge < -0.3 is 9.84 Å². The Labute approximate surface area is 202 Å². The molecule has 0 fully saturated rings. The molecule has 1 atom stereocenters. The molecule has 0 aliphatic carbocycles. The Morgan fingerprint density at radius 1 is 1.23 bits per heavy atom. The van der Waals surface area contributed by atoms with Gasteiger partial charge in [-0.3, -0.25) is 9.20 Å². The minimum Gasteiger partial charge on any atom is -0.361 e. The average molecular weight is 477 g/mol. The van der Waals surface area contributed by atoms with E-state index in [1.807, 2.05) is 43.4 Å². The molecule has 0 bridgehead atoms. The number of fused-ring (bicyclic) bond motifs is 3. The first-order valence-electron chi connectivity index (χ1n) is 11.5. The number of nitroso groups, excluding NO2 is 1. The van der Waals surface area contributed by atoms with Crippen LogP contribution in [-0.2, 0) is 4.79 Å². The number of benzene rings is 1. The Balaban J connectivity index is 1.55. The molecule has 0 radical (unpaired) electrons. The molecule has 1 amide bonds. The van der Waals surface area contributed by atoms with Gasteiger partial charge in [0.2, 0.25) is 11.6 Å². The maximum Gasteiger partial charge on any atom is 0.248 e.